The molecule has 2 amide bonds. The molecule has 2 aliphatic heterocycles. The molecule has 0 unspecified atom stereocenters. The molecular formula is C21H24N4O2. The van der Waals surface area contributed by atoms with Gasteiger partial charge in [-0.05, 0) is 43.0 Å². The Morgan fingerprint density at radius 1 is 1.00 bits per heavy atom. The number of aromatic nitrogens is 2. The van der Waals surface area contributed by atoms with E-state index in [1.165, 1.54) is 0 Å². The largest absolute Gasteiger partial charge is 0.342 e. The molecule has 2 aromatic rings. The predicted octanol–water partition coefficient (Wildman–Crippen LogP) is 2.17. The Bertz CT molecular complexity index is 811. The molecule has 1 spiro atoms. The fourth-order valence-corrected chi connectivity index (χ4v) is 4.30. The van der Waals surface area contributed by atoms with Crippen molar-refractivity contribution in [2.24, 2.45) is 5.41 Å². The molecule has 4 heterocycles. The zero-order chi connectivity index (χ0) is 18.7. The van der Waals surface area contributed by atoms with E-state index >= 15 is 0 Å². The van der Waals surface area contributed by atoms with Gasteiger partial charge in [-0.15, -0.1) is 0 Å². The summed E-state index contributed by atoms with van der Waals surface area (Å²) >= 11 is 0. The monoisotopic (exact) mass is 364 g/mol. The zero-order valence-corrected chi connectivity index (χ0v) is 15.4. The number of likely N-dealkylation sites (tertiary alicyclic amines) is 2. The summed E-state index contributed by atoms with van der Waals surface area (Å²) in [5.74, 6) is 0.142. The van der Waals surface area contributed by atoms with Crippen molar-refractivity contribution in [2.75, 3.05) is 26.2 Å². The molecule has 2 aromatic heterocycles. The van der Waals surface area contributed by atoms with Gasteiger partial charge in [-0.3, -0.25) is 19.6 Å². The molecule has 6 heteroatoms. The summed E-state index contributed by atoms with van der Waals surface area (Å²) in [6.45, 7) is 2.98. The maximum absolute atomic E-state index is 12.8. The van der Waals surface area contributed by atoms with Crippen LogP contribution in [0.15, 0.2) is 48.9 Å². The minimum atomic E-state index is -0.00807. The SMILES string of the molecule is O=C(Cc1cccnc1)N1CCC[C@]2(CCN(C(=O)c3ccccn3)C2)C1. The average molecular weight is 364 g/mol. The molecule has 6 nitrogen and oxygen atoms in total. The molecule has 0 bridgehead atoms. The van der Waals surface area contributed by atoms with Gasteiger partial charge in [0, 0.05) is 50.2 Å². The first kappa shape index (κ1) is 17.6. The van der Waals surface area contributed by atoms with Gasteiger partial charge in [0.2, 0.25) is 5.91 Å². The lowest BCUT2D eigenvalue weighted by Crippen LogP contribution is -2.48. The van der Waals surface area contributed by atoms with Gasteiger partial charge in [0.15, 0.2) is 0 Å². The molecule has 0 aliphatic carbocycles. The molecule has 2 fully saturated rings. The number of pyridine rings is 2. The van der Waals surface area contributed by atoms with Crippen LogP contribution in [0.5, 0.6) is 0 Å². The topological polar surface area (TPSA) is 66.4 Å². The quantitative estimate of drug-likeness (QED) is 0.837. The van der Waals surface area contributed by atoms with Gasteiger partial charge in [0.05, 0.1) is 6.42 Å². The molecule has 0 saturated carbocycles. The van der Waals surface area contributed by atoms with E-state index in [1.807, 2.05) is 34.1 Å². The Kier molecular flexibility index (Phi) is 4.88. The minimum Gasteiger partial charge on any atom is -0.342 e. The number of carbonyl (C=O) groups is 2. The summed E-state index contributed by atoms with van der Waals surface area (Å²) in [7, 11) is 0. The van der Waals surface area contributed by atoms with E-state index in [0.717, 1.165) is 44.5 Å². The van der Waals surface area contributed by atoms with Crippen molar-refractivity contribution in [1.29, 1.82) is 0 Å². The van der Waals surface area contributed by atoms with Gasteiger partial charge in [-0.25, -0.2) is 0 Å². The van der Waals surface area contributed by atoms with Crippen molar-refractivity contribution in [2.45, 2.75) is 25.7 Å². The lowest BCUT2D eigenvalue weighted by atomic mass is 9.79. The van der Waals surface area contributed by atoms with Crippen LogP contribution in [0.2, 0.25) is 0 Å². The Hall–Kier alpha value is -2.76. The van der Waals surface area contributed by atoms with E-state index in [9.17, 15) is 9.59 Å². The molecule has 0 N–H and O–H groups in total. The summed E-state index contributed by atoms with van der Waals surface area (Å²) < 4.78 is 0. The molecule has 2 aliphatic rings. The van der Waals surface area contributed by atoms with Crippen LogP contribution in [0.1, 0.15) is 35.3 Å². The number of piperidine rings is 1. The van der Waals surface area contributed by atoms with Crippen LogP contribution < -0.4 is 0 Å². The van der Waals surface area contributed by atoms with Crippen molar-refractivity contribution in [3.63, 3.8) is 0 Å². The normalized spacial score (nSPS) is 22.2. The number of rotatable bonds is 3. The van der Waals surface area contributed by atoms with E-state index in [0.29, 0.717) is 18.7 Å². The van der Waals surface area contributed by atoms with Crippen molar-refractivity contribution < 1.29 is 9.59 Å². The summed E-state index contributed by atoms with van der Waals surface area (Å²) in [6.07, 6.45) is 8.51. The van der Waals surface area contributed by atoms with Crippen LogP contribution in [0.4, 0.5) is 0 Å². The highest BCUT2D eigenvalue weighted by molar-refractivity contribution is 5.92. The van der Waals surface area contributed by atoms with Crippen molar-refractivity contribution in [3.8, 4) is 0 Å². The fraction of sp³-hybridized carbons (Fsp3) is 0.429. The number of amides is 2. The molecule has 2 saturated heterocycles. The predicted molar refractivity (Wildman–Crippen MR) is 101 cm³/mol. The number of hydrogen-bond acceptors (Lipinski definition) is 4. The Balaban J connectivity index is 1.40. The van der Waals surface area contributed by atoms with Crippen LogP contribution in [0, 0.1) is 5.41 Å². The fourth-order valence-electron chi connectivity index (χ4n) is 4.30. The number of carbonyl (C=O) groups excluding carboxylic acids is 2. The molecule has 4 rings (SSSR count). The summed E-state index contributed by atoms with van der Waals surface area (Å²) in [4.78, 5) is 37.6. The standard InChI is InChI=1S/C21H24N4O2/c26-19(13-17-5-3-9-22-14-17)24-11-4-7-21(15-24)8-12-25(16-21)20(27)18-6-1-2-10-23-18/h1-3,5-6,9-10,14H,4,7-8,11-13,15-16H2/t21-/m0/s1. The molecule has 27 heavy (non-hydrogen) atoms. The van der Waals surface area contributed by atoms with Crippen molar-refractivity contribution >= 4 is 11.8 Å². The second-order valence-corrected chi connectivity index (χ2v) is 7.65. The summed E-state index contributed by atoms with van der Waals surface area (Å²) in [5, 5.41) is 0. The second-order valence-electron chi connectivity index (χ2n) is 7.65. The minimum absolute atomic E-state index is 0.00807. The Morgan fingerprint density at radius 2 is 1.89 bits per heavy atom. The van der Waals surface area contributed by atoms with Crippen LogP contribution in [0.3, 0.4) is 0 Å². The summed E-state index contributed by atoms with van der Waals surface area (Å²) in [6, 6.07) is 9.21. The molecule has 0 aromatic carbocycles. The van der Waals surface area contributed by atoms with Gasteiger partial charge in [0.1, 0.15) is 5.69 Å². The Morgan fingerprint density at radius 3 is 2.67 bits per heavy atom. The lowest BCUT2D eigenvalue weighted by molar-refractivity contribution is -0.133. The van der Waals surface area contributed by atoms with Crippen LogP contribution in [-0.2, 0) is 11.2 Å². The highest BCUT2D eigenvalue weighted by atomic mass is 16.2. The molecular weight excluding hydrogens is 340 g/mol. The van der Waals surface area contributed by atoms with Crippen molar-refractivity contribution in [1.82, 2.24) is 19.8 Å². The lowest BCUT2D eigenvalue weighted by Gasteiger charge is -2.40. The van der Waals surface area contributed by atoms with Crippen LogP contribution in [-0.4, -0.2) is 57.8 Å². The van der Waals surface area contributed by atoms with Gasteiger partial charge in [0.25, 0.3) is 5.91 Å². The third-order valence-corrected chi connectivity index (χ3v) is 5.70. The zero-order valence-electron chi connectivity index (χ0n) is 15.4. The van der Waals surface area contributed by atoms with E-state index in [2.05, 4.69) is 9.97 Å². The van der Waals surface area contributed by atoms with E-state index in [4.69, 9.17) is 0 Å². The highest BCUT2D eigenvalue weighted by Gasteiger charge is 2.43. The summed E-state index contributed by atoms with van der Waals surface area (Å²) in [5.41, 5.74) is 1.46. The van der Waals surface area contributed by atoms with E-state index in [1.54, 1.807) is 24.7 Å². The highest BCUT2D eigenvalue weighted by Crippen LogP contribution is 2.39. The van der Waals surface area contributed by atoms with Gasteiger partial charge < -0.3 is 9.80 Å². The third kappa shape index (κ3) is 3.84. The van der Waals surface area contributed by atoms with Gasteiger partial charge >= 0.3 is 0 Å². The smallest absolute Gasteiger partial charge is 0.272 e. The number of nitrogens with zero attached hydrogens (tertiary/aromatic N) is 4. The molecule has 0 radical (unpaired) electrons. The van der Waals surface area contributed by atoms with Crippen LogP contribution >= 0.6 is 0 Å². The molecule has 140 valence electrons. The Labute approximate surface area is 159 Å². The molecule has 1 atom stereocenters. The first-order valence-electron chi connectivity index (χ1n) is 9.52. The number of hydrogen-bond donors (Lipinski definition) is 0. The van der Waals surface area contributed by atoms with Gasteiger partial charge in [-0.1, -0.05) is 12.1 Å². The maximum Gasteiger partial charge on any atom is 0.272 e. The second kappa shape index (κ2) is 7.47. The third-order valence-electron chi connectivity index (χ3n) is 5.70. The van der Waals surface area contributed by atoms with E-state index < -0.39 is 0 Å². The maximum atomic E-state index is 12.8. The van der Waals surface area contributed by atoms with Crippen LogP contribution in [0.25, 0.3) is 0 Å². The van der Waals surface area contributed by atoms with Crippen molar-refractivity contribution in [3.05, 3.63) is 60.2 Å². The average Bonchev–Trinajstić information content (AvgIpc) is 3.12. The van der Waals surface area contributed by atoms with Gasteiger partial charge in [-0.2, -0.15) is 0 Å². The van der Waals surface area contributed by atoms with E-state index in [-0.39, 0.29) is 17.2 Å². The first-order chi connectivity index (χ1) is 13.2. The first-order valence-corrected chi connectivity index (χ1v) is 9.52.